The van der Waals surface area contributed by atoms with Gasteiger partial charge in [0.1, 0.15) is 5.60 Å². The number of nitrogens with zero attached hydrogens (tertiary/aromatic N) is 1. The van der Waals surface area contributed by atoms with Crippen LogP contribution in [0, 0.1) is 24.7 Å². The summed E-state index contributed by atoms with van der Waals surface area (Å²) in [5.41, 5.74) is 4.78. The maximum atomic E-state index is 13.7. The number of carbonyl (C=O) groups is 2. The number of fused-ring (bicyclic) bond motifs is 3. The van der Waals surface area contributed by atoms with Gasteiger partial charge in [-0.05, 0) is 102 Å². The quantitative estimate of drug-likeness (QED) is 0.613. The number of aromatic amines is 1. The number of H-pyrrole nitrogens is 1. The highest BCUT2D eigenvalue weighted by molar-refractivity contribution is 5.89. The maximum Gasteiger partial charge on any atom is 0.407 e. The number of benzene rings is 1. The van der Waals surface area contributed by atoms with Gasteiger partial charge in [-0.2, -0.15) is 0 Å². The molecule has 0 spiro atoms. The molecule has 1 aromatic carbocycles. The highest BCUT2D eigenvalue weighted by Gasteiger charge is 2.44. The van der Waals surface area contributed by atoms with E-state index in [1.54, 1.807) is 0 Å². The third kappa shape index (κ3) is 4.69. The van der Waals surface area contributed by atoms with Gasteiger partial charge in [0.15, 0.2) is 0 Å². The molecule has 2 aliphatic carbocycles. The first-order valence-electron chi connectivity index (χ1n) is 13.1. The minimum Gasteiger partial charge on any atom is -0.444 e. The third-order valence-electron chi connectivity index (χ3n) is 7.88. The molecule has 0 bridgehead atoms. The lowest BCUT2D eigenvalue weighted by molar-refractivity contribution is -0.140. The van der Waals surface area contributed by atoms with Crippen LogP contribution in [0.15, 0.2) is 18.2 Å². The minimum absolute atomic E-state index is 0.103. The van der Waals surface area contributed by atoms with E-state index < -0.39 is 5.60 Å². The summed E-state index contributed by atoms with van der Waals surface area (Å²) >= 11 is 0. The molecule has 6 heteroatoms. The van der Waals surface area contributed by atoms with Crippen LogP contribution in [0.1, 0.15) is 82.2 Å². The third-order valence-corrected chi connectivity index (χ3v) is 7.88. The molecule has 6 nitrogen and oxygen atoms in total. The van der Waals surface area contributed by atoms with Crippen molar-refractivity contribution in [3.8, 4) is 0 Å². The van der Waals surface area contributed by atoms with Crippen molar-refractivity contribution in [3.63, 3.8) is 0 Å². The Hall–Kier alpha value is -2.50. The van der Waals surface area contributed by atoms with Crippen LogP contribution in [0.5, 0.6) is 0 Å². The zero-order valence-electron chi connectivity index (χ0n) is 21.1. The van der Waals surface area contributed by atoms with Gasteiger partial charge in [0.2, 0.25) is 5.91 Å². The average molecular weight is 466 g/mol. The number of alkyl carbamates (subject to hydrolysis) is 1. The van der Waals surface area contributed by atoms with Gasteiger partial charge in [0, 0.05) is 35.6 Å². The summed E-state index contributed by atoms with van der Waals surface area (Å²) in [6.45, 7) is 9.27. The van der Waals surface area contributed by atoms with Crippen molar-refractivity contribution >= 4 is 22.9 Å². The van der Waals surface area contributed by atoms with Gasteiger partial charge in [-0.25, -0.2) is 4.79 Å². The molecular formula is C28H39N3O3. The Morgan fingerprint density at radius 3 is 2.53 bits per heavy atom. The zero-order valence-corrected chi connectivity index (χ0v) is 21.1. The normalized spacial score (nSPS) is 25.2. The zero-order chi connectivity index (χ0) is 24.0. The fraction of sp³-hybridized carbons (Fsp3) is 0.643. The van der Waals surface area contributed by atoms with Crippen molar-refractivity contribution in [2.45, 2.75) is 84.3 Å². The number of nitrogens with one attached hydrogen (secondary N) is 2. The first-order valence-corrected chi connectivity index (χ1v) is 13.1. The Morgan fingerprint density at radius 1 is 1.12 bits per heavy atom. The van der Waals surface area contributed by atoms with Crippen LogP contribution in [0.4, 0.5) is 4.79 Å². The van der Waals surface area contributed by atoms with Crippen LogP contribution in [0.3, 0.4) is 0 Å². The highest BCUT2D eigenvalue weighted by atomic mass is 16.6. The molecular weight excluding hydrogens is 426 g/mol. The van der Waals surface area contributed by atoms with Crippen LogP contribution < -0.4 is 5.32 Å². The summed E-state index contributed by atoms with van der Waals surface area (Å²) in [7, 11) is 0. The number of ether oxygens (including phenoxy) is 1. The van der Waals surface area contributed by atoms with Crippen molar-refractivity contribution in [1.29, 1.82) is 0 Å². The van der Waals surface area contributed by atoms with E-state index in [0.29, 0.717) is 24.3 Å². The summed E-state index contributed by atoms with van der Waals surface area (Å²) < 4.78 is 5.35. The van der Waals surface area contributed by atoms with Crippen molar-refractivity contribution in [3.05, 3.63) is 35.0 Å². The molecule has 34 heavy (non-hydrogen) atoms. The van der Waals surface area contributed by atoms with E-state index in [2.05, 4.69) is 40.3 Å². The van der Waals surface area contributed by atoms with Crippen molar-refractivity contribution in [2.75, 3.05) is 13.1 Å². The molecule has 2 saturated carbocycles. The highest BCUT2D eigenvalue weighted by Crippen LogP contribution is 2.49. The summed E-state index contributed by atoms with van der Waals surface area (Å²) in [4.78, 5) is 31.7. The minimum atomic E-state index is -0.482. The number of hydrogen-bond donors (Lipinski definition) is 2. The van der Waals surface area contributed by atoms with Gasteiger partial charge in [-0.1, -0.05) is 12.1 Å². The summed E-state index contributed by atoms with van der Waals surface area (Å²) in [6.07, 6.45) is 6.78. The van der Waals surface area contributed by atoms with E-state index in [4.69, 9.17) is 4.74 Å². The predicted octanol–water partition coefficient (Wildman–Crippen LogP) is 5.64. The SMILES string of the molecule is Cc1cccc2[nH]c3c(c12)CCN(C(=O)[C@H]1CC[C@H](CNC(=O)OC(C)(C)C)CC1)C3C1CC1. The number of aromatic nitrogens is 1. The number of hydrogen-bond acceptors (Lipinski definition) is 3. The molecule has 0 radical (unpaired) electrons. The van der Waals surface area contributed by atoms with Crippen LogP contribution in [-0.4, -0.2) is 40.6 Å². The maximum absolute atomic E-state index is 13.7. The molecule has 2 N–H and O–H groups in total. The van der Waals surface area contributed by atoms with Gasteiger partial charge in [-0.3, -0.25) is 4.79 Å². The Balaban J connectivity index is 1.23. The van der Waals surface area contributed by atoms with Gasteiger partial charge >= 0.3 is 6.09 Å². The largest absolute Gasteiger partial charge is 0.444 e. The Kier molecular flexibility index (Phi) is 6.11. The number of carbonyl (C=O) groups excluding carboxylic acids is 2. The molecule has 184 valence electrons. The Morgan fingerprint density at radius 2 is 1.85 bits per heavy atom. The fourth-order valence-electron chi connectivity index (χ4n) is 6.11. The smallest absolute Gasteiger partial charge is 0.407 e. The molecule has 2 aromatic rings. The lowest BCUT2D eigenvalue weighted by Crippen LogP contribution is -2.45. The van der Waals surface area contributed by atoms with Crippen molar-refractivity contribution < 1.29 is 14.3 Å². The monoisotopic (exact) mass is 465 g/mol. The predicted molar refractivity (Wildman–Crippen MR) is 134 cm³/mol. The summed E-state index contributed by atoms with van der Waals surface area (Å²) in [5.74, 6) is 1.45. The molecule has 2 amide bonds. The summed E-state index contributed by atoms with van der Waals surface area (Å²) in [6, 6.07) is 6.68. The van der Waals surface area contributed by atoms with E-state index >= 15 is 0 Å². The molecule has 1 unspecified atom stereocenters. The summed E-state index contributed by atoms with van der Waals surface area (Å²) in [5, 5.41) is 4.28. The number of amides is 2. The molecule has 2 heterocycles. The van der Waals surface area contributed by atoms with Crippen LogP contribution in [0.25, 0.3) is 10.9 Å². The lowest BCUT2D eigenvalue weighted by Gasteiger charge is -2.39. The molecule has 3 aliphatic rings. The van der Waals surface area contributed by atoms with E-state index in [-0.39, 0.29) is 18.1 Å². The van der Waals surface area contributed by atoms with Crippen LogP contribution >= 0.6 is 0 Å². The van der Waals surface area contributed by atoms with Crippen LogP contribution in [-0.2, 0) is 16.0 Å². The molecule has 2 fully saturated rings. The first-order chi connectivity index (χ1) is 16.2. The molecule has 1 atom stereocenters. The topological polar surface area (TPSA) is 74.4 Å². The fourth-order valence-corrected chi connectivity index (χ4v) is 6.11. The van der Waals surface area contributed by atoms with E-state index in [0.717, 1.165) is 38.6 Å². The van der Waals surface area contributed by atoms with Gasteiger partial charge in [0.25, 0.3) is 0 Å². The Labute approximate surface area is 202 Å². The van der Waals surface area contributed by atoms with E-state index in [9.17, 15) is 9.59 Å². The van der Waals surface area contributed by atoms with E-state index in [1.165, 1.54) is 40.6 Å². The van der Waals surface area contributed by atoms with Gasteiger partial charge < -0.3 is 19.9 Å². The molecule has 0 saturated heterocycles. The van der Waals surface area contributed by atoms with Gasteiger partial charge in [-0.15, -0.1) is 0 Å². The molecule has 1 aliphatic heterocycles. The first kappa shape index (κ1) is 23.3. The van der Waals surface area contributed by atoms with Crippen molar-refractivity contribution in [1.82, 2.24) is 15.2 Å². The van der Waals surface area contributed by atoms with Crippen LogP contribution in [0.2, 0.25) is 0 Å². The average Bonchev–Trinajstić information content (AvgIpc) is 3.55. The van der Waals surface area contributed by atoms with Gasteiger partial charge in [0.05, 0.1) is 6.04 Å². The van der Waals surface area contributed by atoms with Crippen molar-refractivity contribution in [2.24, 2.45) is 17.8 Å². The number of rotatable bonds is 4. The Bertz CT molecular complexity index is 1070. The second-order valence-corrected chi connectivity index (χ2v) is 11.7. The second-order valence-electron chi connectivity index (χ2n) is 11.7. The van der Waals surface area contributed by atoms with E-state index in [1.807, 2.05) is 20.8 Å². The number of aryl methyl sites for hydroxylation is 1. The molecule has 1 aromatic heterocycles. The lowest BCUT2D eigenvalue weighted by atomic mass is 9.80. The molecule has 5 rings (SSSR count). The second kappa shape index (κ2) is 8.94. The standard InChI is InChI=1S/C28H39N3O3/c1-17-6-5-7-22-23(17)21-14-15-31(25(19-12-13-19)24(21)30-22)26(32)20-10-8-18(9-11-20)16-29-27(33)34-28(2,3)4/h5-7,18-20,25,30H,8-16H2,1-4H3,(H,29,33)/t18-,20-,25?.